The van der Waals surface area contributed by atoms with Crippen molar-refractivity contribution in [2.45, 2.75) is 0 Å². The summed E-state index contributed by atoms with van der Waals surface area (Å²) in [6.07, 6.45) is 1.51. The molecule has 1 amide bonds. The van der Waals surface area contributed by atoms with Crippen molar-refractivity contribution in [2.75, 3.05) is 44.8 Å². The van der Waals surface area contributed by atoms with Gasteiger partial charge in [-0.2, -0.15) is 5.10 Å². The number of halogens is 2. The summed E-state index contributed by atoms with van der Waals surface area (Å²) in [7, 11) is 1.48. The largest absolute Gasteiger partial charge is 0.480 e. The molecule has 0 spiro atoms. The number of benzene rings is 2. The van der Waals surface area contributed by atoms with Crippen LogP contribution in [0.2, 0.25) is 0 Å². The van der Waals surface area contributed by atoms with Crippen LogP contribution in [0.4, 0.5) is 14.5 Å². The molecule has 1 aliphatic rings. The Balaban J connectivity index is 1.52. The molecule has 5 rings (SSSR count). The van der Waals surface area contributed by atoms with Gasteiger partial charge in [0, 0.05) is 43.6 Å². The first-order chi connectivity index (χ1) is 17.0. The van der Waals surface area contributed by atoms with Crippen LogP contribution in [0.1, 0.15) is 0 Å². The quantitative estimate of drug-likeness (QED) is 0.474. The van der Waals surface area contributed by atoms with Crippen LogP contribution >= 0.6 is 0 Å². The van der Waals surface area contributed by atoms with Gasteiger partial charge in [-0.15, -0.1) is 0 Å². The molecule has 2 aromatic carbocycles. The zero-order valence-corrected chi connectivity index (χ0v) is 19.0. The Morgan fingerprint density at radius 1 is 1.03 bits per heavy atom. The van der Waals surface area contributed by atoms with E-state index in [4.69, 9.17) is 9.84 Å². The molecule has 0 unspecified atom stereocenters. The Morgan fingerprint density at radius 3 is 2.34 bits per heavy atom. The van der Waals surface area contributed by atoms with Gasteiger partial charge in [-0.1, -0.05) is 18.2 Å². The molecule has 0 saturated carbocycles. The van der Waals surface area contributed by atoms with Crippen LogP contribution in [-0.2, 0) is 4.79 Å². The van der Waals surface area contributed by atoms with Crippen LogP contribution < -0.4 is 9.64 Å². The topological polar surface area (TPSA) is 83.7 Å². The average molecular weight is 479 g/mol. The SMILES string of the molecule is COc1nccc2c1c(-c1ccc(N3CCN(C(=O)CO)CC3)cc1)nn2-c1c(F)cccc1F. The molecule has 2 aromatic heterocycles. The maximum absolute atomic E-state index is 14.6. The van der Waals surface area contributed by atoms with Gasteiger partial charge >= 0.3 is 0 Å². The highest BCUT2D eigenvalue weighted by atomic mass is 19.1. The Bertz CT molecular complexity index is 1360. The number of carbonyl (C=O) groups excluding carboxylic acids is 1. The van der Waals surface area contributed by atoms with E-state index in [2.05, 4.69) is 15.0 Å². The fourth-order valence-electron chi connectivity index (χ4n) is 4.40. The minimum atomic E-state index is -0.731. The first-order valence-electron chi connectivity index (χ1n) is 11.1. The van der Waals surface area contributed by atoms with Gasteiger partial charge in [-0.05, 0) is 30.3 Å². The number of hydrogen-bond acceptors (Lipinski definition) is 6. The molecular formula is C25H23F2N5O3. The molecular weight excluding hydrogens is 456 g/mol. The molecule has 0 atom stereocenters. The van der Waals surface area contributed by atoms with Crippen LogP contribution in [0.3, 0.4) is 0 Å². The number of ether oxygens (including phenoxy) is 1. The summed E-state index contributed by atoms with van der Waals surface area (Å²) in [6, 6.07) is 13.0. The van der Waals surface area contributed by atoms with Crippen LogP contribution in [-0.4, -0.2) is 70.6 Å². The Morgan fingerprint density at radius 2 is 1.71 bits per heavy atom. The lowest BCUT2D eigenvalue weighted by molar-refractivity contribution is -0.134. The smallest absolute Gasteiger partial charge is 0.248 e. The van der Waals surface area contributed by atoms with Crippen LogP contribution in [0.15, 0.2) is 54.7 Å². The number of para-hydroxylation sites is 1. The fraction of sp³-hybridized carbons (Fsp3) is 0.240. The number of pyridine rings is 1. The first-order valence-corrected chi connectivity index (χ1v) is 11.1. The Kier molecular flexibility index (Phi) is 6.04. The summed E-state index contributed by atoms with van der Waals surface area (Å²) in [5.41, 5.74) is 2.37. The molecule has 0 radical (unpaired) electrons. The summed E-state index contributed by atoms with van der Waals surface area (Å²) < 4.78 is 35.9. The highest BCUT2D eigenvalue weighted by Gasteiger charge is 2.23. The van der Waals surface area contributed by atoms with Gasteiger partial charge in [0.2, 0.25) is 11.8 Å². The van der Waals surface area contributed by atoms with E-state index in [-0.39, 0.29) is 11.6 Å². The molecule has 180 valence electrons. The summed E-state index contributed by atoms with van der Waals surface area (Å²) >= 11 is 0. The van der Waals surface area contributed by atoms with Gasteiger partial charge in [-0.25, -0.2) is 18.4 Å². The normalized spacial score (nSPS) is 13.9. The van der Waals surface area contributed by atoms with Crippen LogP contribution in [0, 0.1) is 11.6 Å². The molecule has 3 heterocycles. The fourth-order valence-corrected chi connectivity index (χ4v) is 4.40. The number of aliphatic hydroxyl groups is 1. The third-order valence-corrected chi connectivity index (χ3v) is 6.18. The molecule has 0 aliphatic carbocycles. The van der Waals surface area contributed by atoms with E-state index in [0.29, 0.717) is 48.7 Å². The lowest BCUT2D eigenvalue weighted by atomic mass is 10.1. The van der Waals surface area contributed by atoms with Crippen molar-refractivity contribution in [3.63, 3.8) is 0 Å². The van der Waals surface area contributed by atoms with Crippen LogP contribution in [0.25, 0.3) is 27.8 Å². The highest BCUT2D eigenvalue weighted by Crippen LogP contribution is 2.36. The van der Waals surface area contributed by atoms with Crippen molar-refractivity contribution >= 4 is 22.5 Å². The summed E-state index contributed by atoms with van der Waals surface area (Å²) in [6.45, 7) is 1.88. The Labute approximate surface area is 200 Å². The van der Waals surface area contributed by atoms with Crippen molar-refractivity contribution in [1.82, 2.24) is 19.7 Å². The number of methoxy groups -OCH3 is 1. The van der Waals surface area contributed by atoms with E-state index in [1.165, 1.54) is 36.2 Å². The number of fused-ring (bicyclic) bond motifs is 1. The molecule has 0 bridgehead atoms. The number of aromatic nitrogens is 3. The minimum absolute atomic E-state index is 0.267. The predicted molar refractivity (Wildman–Crippen MR) is 127 cm³/mol. The lowest BCUT2D eigenvalue weighted by Gasteiger charge is -2.35. The Hall–Kier alpha value is -4.05. The highest BCUT2D eigenvalue weighted by molar-refractivity contribution is 5.98. The average Bonchev–Trinajstić information content (AvgIpc) is 3.28. The number of nitrogens with zero attached hydrogens (tertiary/aromatic N) is 5. The first kappa shape index (κ1) is 22.7. The third kappa shape index (κ3) is 4.06. The molecule has 1 N–H and O–H groups in total. The van der Waals surface area contributed by atoms with Crippen molar-refractivity contribution < 1.29 is 23.4 Å². The predicted octanol–water partition coefficient (Wildman–Crippen LogP) is 3.02. The van der Waals surface area contributed by atoms with Gasteiger partial charge in [0.15, 0.2) is 11.6 Å². The number of amides is 1. The van der Waals surface area contributed by atoms with Gasteiger partial charge in [0.05, 0.1) is 18.0 Å². The molecule has 1 saturated heterocycles. The number of carbonyl (C=O) groups is 1. The number of anilines is 1. The number of aliphatic hydroxyl groups excluding tert-OH is 1. The molecule has 8 nitrogen and oxygen atoms in total. The molecule has 35 heavy (non-hydrogen) atoms. The second-order valence-electron chi connectivity index (χ2n) is 8.12. The second kappa shape index (κ2) is 9.30. The van der Waals surface area contributed by atoms with Crippen molar-refractivity contribution in [2.24, 2.45) is 0 Å². The van der Waals surface area contributed by atoms with E-state index in [1.54, 1.807) is 11.0 Å². The van der Waals surface area contributed by atoms with Gasteiger partial charge in [0.1, 0.15) is 18.0 Å². The van der Waals surface area contributed by atoms with E-state index < -0.39 is 18.2 Å². The number of piperazine rings is 1. The monoisotopic (exact) mass is 479 g/mol. The lowest BCUT2D eigenvalue weighted by Crippen LogP contribution is -2.49. The summed E-state index contributed by atoms with van der Waals surface area (Å²) in [4.78, 5) is 19.8. The molecule has 10 heteroatoms. The van der Waals surface area contributed by atoms with Crippen molar-refractivity contribution in [3.8, 4) is 22.8 Å². The zero-order valence-electron chi connectivity index (χ0n) is 19.0. The summed E-state index contributed by atoms with van der Waals surface area (Å²) in [5, 5.41) is 14.2. The maximum atomic E-state index is 14.6. The van der Waals surface area contributed by atoms with Gasteiger partial charge < -0.3 is 19.6 Å². The van der Waals surface area contributed by atoms with Crippen molar-refractivity contribution in [1.29, 1.82) is 0 Å². The molecule has 1 fully saturated rings. The molecule has 4 aromatic rings. The van der Waals surface area contributed by atoms with E-state index >= 15 is 0 Å². The maximum Gasteiger partial charge on any atom is 0.248 e. The van der Waals surface area contributed by atoms with E-state index in [1.807, 2.05) is 24.3 Å². The van der Waals surface area contributed by atoms with Crippen molar-refractivity contribution in [3.05, 3.63) is 66.4 Å². The standard InChI is InChI=1S/C25H23F2N5O3/c1-35-25-22-20(9-10-28-25)32(24-18(26)3-2-4-19(24)27)29-23(22)16-5-7-17(8-6-16)30-11-13-31(14-12-30)21(34)15-33/h2-10,33H,11-15H2,1H3. The molecule has 1 aliphatic heterocycles. The third-order valence-electron chi connectivity index (χ3n) is 6.18. The number of hydrogen-bond donors (Lipinski definition) is 1. The second-order valence-corrected chi connectivity index (χ2v) is 8.12. The zero-order chi connectivity index (χ0) is 24.5. The van der Waals surface area contributed by atoms with Crippen LogP contribution in [0.5, 0.6) is 5.88 Å². The van der Waals surface area contributed by atoms with Gasteiger partial charge in [0.25, 0.3) is 0 Å². The number of rotatable bonds is 5. The van der Waals surface area contributed by atoms with E-state index in [0.717, 1.165) is 11.3 Å². The minimum Gasteiger partial charge on any atom is -0.480 e. The van der Waals surface area contributed by atoms with E-state index in [9.17, 15) is 13.6 Å². The summed E-state index contributed by atoms with van der Waals surface area (Å²) in [5.74, 6) is -1.43. The van der Waals surface area contributed by atoms with Gasteiger partial charge in [-0.3, -0.25) is 4.79 Å².